The van der Waals surface area contributed by atoms with Gasteiger partial charge in [-0.05, 0) is 17.9 Å². The van der Waals surface area contributed by atoms with Crippen LogP contribution in [0, 0.1) is 0 Å². The zero-order chi connectivity index (χ0) is 13.1. The predicted molar refractivity (Wildman–Crippen MR) is 81.6 cm³/mol. The van der Waals surface area contributed by atoms with Crippen molar-refractivity contribution in [2.45, 2.75) is 13.3 Å². The highest BCUT2D eigenvalue weighted by atomic mass is 32.1. The minimum atomic E-state index is 0.786. The van der Waals surface area contributed by atoms with Crippen LogP contribution in [0.3, 0.4) is 0 Å². The van der Waals surface area contributed by atoms with Crippen molar-refractivity contribution in [1.82, 2.24) is 9.97 Å². The Labute approximate surface area is 116 Å². The molecule has 0 aliphatic carbocycles. The molecule has 0 unspecified atom stereocenters. The van der Waals surface area contributed by atoms with Gasteiger partial charge in [-0.3, -0.25) is 0 Å². The van der Waals surface area contributed by atoms with Crippen LogP contribution in [0.4, 0.5) is 5.82 Å². The van der Waals surface area contributed by atoms with Crippen LogP contribution in [-0.4, -0.2) is 16.5 Å². The average molecular weight is 269 g/mol. The van der Waals surface area contributed by atoms with Gasteiger partial charge in [0.2, 0.25) is 0 Å². The molecule has 0 fully saturated rings. The van der Waals surface area contributed by atoms with Crippen LogP contribution >= 0.6 is 11.3 Å². The number of fused-ring (bicyclic) bond motifs is 1. The summed E-state index contributed by atoms with van der Waals surface area (Å²) in [5.41, 5.74) is 1.05. The van der Waals surface area contributed by atoms with Crippen molar-refractivity contribution >= 4 is 27.4 Å². The van der Waals surface area contributed by atoms with E-state index in [2.05, 4.69) is 33.7 Å². The molecule has 0 amide bonds. The molecule has 2 heterocycles. The van der Waals surface area contributed by atoms with Crippen LogP contribution in [0.15, 0.2) is 41.8 Å². The summed E-state index contributed by atoms with van der Waals surface area (Å²) in [6, 6.07) is 12.2. The van der Waals surface area contributed by atoms with Crippen LogP contribution in [-0.2, 0) is 0 Å². The first-order chi connectivity index (χ1) is 9.38. The first-order valence-corrected chi connectivity index (χ1v) is 7.31. The largest absolute Gasteiger partial charge is 0.369 e. The van der Waals surface area contributed by atoms with Crippen molar-refractivity contribution in [3.8, 4) is 11.4 Å². The first-order valence-electron chi connectivity index (χ1n) is 6.43. The van der Waals surface area contributed by atoms with E-state index in [0.717, 1.165) is 40.4 Å². The van der Waals surface area contributed by atoms with Crippen LogP contribution < -0.4 is 5.32 Å². The summed E-state index contributed by atoms with van der Waals surface area (Å²) >= 11 is 1.65. The van der Waals surface area contributed by atoms with Crippen molar-refractivity contribution in [2.24, 2.45) is 0 Å². The van der Waals surface area contributed by atoms with Gasteiger partial charge in [-0.25, -0.2) is 9.97 Å². The lowest BCUT2D eigenvalue weighted by molar-refractivity contribution is 0.971. The first kappa shape index (κ1) is 12.1. The highest BCUT2D eigenvalue weighted by Gasteiger charge is 2.09. The number of nitrogens with one attached hydrogen (secondary N) is 1. The Morgan fingerprint density at radius 3 is 2.74 bits per heavy atom. The third-order valence-corrected chi connectivity index (χ3v) is 3.71. The van der Waals surface area contributed by atoms with Gasteiger partial charge >= 0.3 is 0 Å². The van der Waals surface area contributed by atoms with E-state index in [-0.39, 0.29) is 0 Å². The van der Waals surface area contributed by atoms with Crippen molar-refractivity contribution in [3.05, 3.63) is 41.8 Å². The Balaban J connectivity index is 2.11. The summed E-state index contributed by atoms with van der Waals surface area (Å²) in [7, 11) is 0. The molecule has 2 aromatic heterocycles. The molecule has 3 aromatic rings. The summed E-state index contributed by atoms with van der Waals surface area (Å²) in [4.78, 5) is 10.3. The van der Waals surface area contributed by atoms with E-state index in [0.29, 0.717) is 0 Å². The summed E-state index contributed by atoms with van der Waals surface area (Å²) in [6.45, 7) is 3.08. The lowest BCUT2D eigenvalue weighted by atomic mass is 10.2. The lowest BCUT2D eigenvalue weighted by Crippen LogP contribution is -2.03. The van der Waals surface area contributed by atoms with Crippen molar-refractivity contribution in [2.75, 3.05) is 11.9 Å². The molecule has 3 nitrogen and oxygen atoms in total. The smallest absolute Gasteiger partial charge is 0.163 e. The summed E-state index contributed by atoms with van der Waals surface area (Å²) in [5, 5.41) is 6.56. The fraction of sp³-hybridized carbons (Fsp3) is 0.200. The van der Waals surface area contributed by atoms with Gasteiger partial charge in [-0.2, -0.15) is 0 Å². The zero-order valence-corrected chi connectivity index (χ0v) is 11.6. The van der Waals surface area contributed by atoms with E-state index >= 15 is 0 Å². The second-order valence-electron chi connectivity index (χ2n) is 4.33. The van der Waals surface area contributed by atoms with Crippen molar-refractivity contribution in [1.29, 1.82) is 0 Å². The third kappa shape index (κ3) is 2.44. The standard InChI is InChI=1S/C15H15N3S/c1-2-9-16-14-12-8-10-19-15(12)18-13(17-14)11-6-4-3-5-7-11/h3-8,10H,2,9H2,1H3,(H,16,17,18). The van der Waals surface area contributed by atoms with Gasteiger partial charge < -0.3 is 5.32 Å². The lowest BCUT2D eigenvalue weighted by Gasteiger charge is -2.07. The third-order valence-electron chi connectivity index (χ3n) is 2.90. The van der Waals surface area contributed by atoms with Gasteiger partial charge in [0.25, 0.3) is 0 Å². The molecule has 4 heteroatoms. The monoisotopic (exact) mass is 269 g/mol. The number of thiophene rings is 1. The number of hydrogen-bond acceptors (Lipinski definition) is 4. The number of hydrogen-bond donors (Lipinski definition) is 1. The number of aromatic nitrogens is 2. The van der Waals surface area contributed by atoms with E-state index in [9.17, 15) is 0 Å². The molecule has 0 spiro atoms. The maximum Gasteiger partial charge on any atom is 0.163 e. The normalized spacial score (nSPS) is 10.8. The number of anilines is 1. The Morgan fingerprint density at radius 2 is 1.95 bits per heavy atom. The van der Waals surface area contributed by atoms with Crippen LogP contribution in [0.25, 0.3) is 21.6 Å². The van der Waals surface area contributed by atoms with Crippen LogP contribution in [0.1, 0.15) is 13.3 Å². The van der Waals surface area contributed by atoms with Crippen LogP contribution in [0.5, 0.6) is 0 Å². The summed E-state index contributed by atoms with van der Waals surface area (Å²) in [5.74, 6) is 1.72. The molecule has 1 aromatic carbocycles. The molecule has 0 aliphatic heterocycles. The topological polar surface area (TPSA) is 37.8 Å². The van der Waals surface area contributed by atoms with Gasteiger partial charge in [-0.1, -0.05) is 37.3 Å². The highest BCUT2D eigenvalue weighted by Crippen LogP contribution is 2.28. The molecule has 96 valence electrons. The zero-order valence-electron chi connectivity index (χ0n) is 10.8. The maximum atomic E-state index is 4.67. The van der Waals surface area contributed by atoms with Gasteiger partial charge in [0.05, 0.1) is 5.39 Å². The molecular formula is C15H15N3S. The van der Waals surface area contributed by atoms with Crippen molar-refractivity contribution < 1.29 is 0 Å². The Kier molecular flexibility index (Phi) is 3.42. The molecule has 3 rings (SSSR count). The summed E-state index contributed by atoms with van der Waals surface area (Å²) in [6.07, 6.45) is 1.08. The molecule has 1 N–H and O–H groups in total. The second kappa shape index (κ2) is 5.36. The quantitative estimate of drug-likeness (QED) is 0.772. The van der Waals surface area contributed by atoms with E-state index in [1.54, 1.807) is 11.3 Å². The fourth-order valence-corrected chi connectivity index (χ4v) is 2.71. The molecule has 0 saturated carbocycles. The Bertz CT molecular complexity index is 676. The molecular weight excluding hydrogens is 254 g/mol. The van der Waals surface area contributed by atoms with Gasteiger partial charge in [-0.15, -0.1) is 11.3 Å². The van der Waals surface area contributed by atoms with Crippen LogP contribution in [0.2, 0.25) is 0 Å². The molecule has 0 atom stereocenters. The van der Waals surface area contributed by atoms with Gasteiger partial charge in [0, 0.05) is 12.1 Å². The molecule has 0 saturated heterocycles. The highest BCUT2D eigenvalue weighted by molar-refractivity contribution is 7.16. The Hall–Kier alpha value is -1.94. The number of rotatable bonds is 4. The molecule has 19 heavy (non-hydrogen) atoms. The molecule has 0 radical (unpaired) electrons. The summed E-state index contributed by atoms with van der Waals surface area (Å²) < 4.78 is 0. The number of benzene rings is 1. The molecule has 0 bridgehead atoms. The predicted octanol–water partition coefficient (Wildman–Crippen LogP) is 4.18. The average Bonchev–Trinajstić information content (AvgIpc) is 2.94. The van der Waals surface area contributed by atoms with Gasteiger partial charge in [0.15, 0.2) is 5.82 Å². The van der Waals surface area contributed by atoms with E-state index in [1.165, 1.54) is 0 Å². The van der Waals surface area contributed by atoms with E-state index < -0.39 is 0 Å². The van der Waals surface area contributed by atoms with E-state index in [4.69, 9.17) is 0 Å². The van der Waals surface area contributed by atoms with Crippen molar-refractivity contribution in [3.63, 3.8) is 0 Å². The SMILES string of the molecule is CCCNc1nc(-c2ccccc2)nc2sccc12. The number of nitrogens with zero attached hydrogens (tertiary/aromatic N) is 2. The molecule has 0 aliphatic rings. The second-order valence-corrected chi connectivity index (χ2v) is 5.22. The Morgan fingerprint density at radius 1 is 1.11 bits per heavy atom. The van der Waals surface area contributed by atoms with E-state index in [1.807, 2.05) is 30.3 Å². The minimum absolute atomic E-state index is 0.786. The fourth-order valence-electron chi connectivity index (χ4n) is 1.95. The van der Waals surface area contributed by atoms with Gasteiger partial charge in [0.1, 0.15) is 10.6 Å². The minimum Gasteiger partial charge on any atom is -0.369 e. The maximum absolute atomic E-state index is 4.67.